The first-order valence-electron chi connectivity index (χ1n) is 10.4. The minimum atomic E-state index is 0.120. The van der Waals surface area contributed by atoms with Gasteiger partial charge in [-0.2, -0.15) is 0 Å². The number of aromatic nitrogens is 2. The summed E-state index contributed by atoms with van der Waals surface area (Å²) in [6.07, 6.45) is 2.08. The molecule has 4 aromatic rings. The van der Waals surface area contributed by atoms with Crippen LogP contribution in [0.5, 0.6) is 0 Å². The molecule has 1 fully saturated rings. The molecule has 1 amide bonds. The second kappa shape index (κ2) is 8.13. The first-order valence-corrected chi connectivity index (χ1v) is 10.4. The highest BCUT2D eigenvalue weighted by Gasteiger charge is 2.24. The summed E-state index contributed by atoms with van der Waals surface area (Å²) in [5, 5.41) is 0. The second-order valence-electron chi connectivity index (χ2n) is 7.64. The highest BCUT2D eigenvalue weighted by Crippen LogP contribution is 2.26. The van der Waals surface area contributed by atoms with Gasteiger partial charge in [0.2, 0.25) is 0 Å². The number of piperazine rings is 1. The summed E-state index contributed by atoms with van der Waals surface area (Å²) in [6, 6.07) is 26.0. The van der Waals surface area contributed by atoms with Crippen LogP contribution in [-0.2, 0) is 6.54 Å². The van der Waals surface area contributed by atoms with Gasteiger partial charge in [-0.3, -0.25) is 9.69 Å². The predicted molar refractivity (Wildman–Crippen MR) is 118 cm³/mol. The Kier molecular flexibility index (Phi) is 5.03. The number of rotatable bonds is 4. The number of fused-ring (bicyclic) bond motifs is 1. The normalized spacial score (nSPS) is 14.9. The number of pyridine rings is 1. The minimum Gasteiger partial charge on any atom is -0.336 e. The Labute approximate surface area is 176 Å². The second-order valence-corrected chi connectivity index (χ2v) is 7.64. The number of hydrogen-bond acceptors (Lipinski definition) is 3. The highest BCUT2D eigenvalue weighted by atomic mass is 16.2. The van der Waals surface area contributed by atoms with Crippen molar-refractivity contribution >= 4 is 11.6 Å². The maximum Gasteiger partial charge on any atom is 0.253 e. The van der Waals surface area contributed by atoms with Crippen LogP contribution in [0.4, 0.5) is 0 Å². The van der Waals surface area contributed by atoms with E-state index >= 15 is 0 Å². The molecule has 5 nitrogen and oxygen atoms in total. The van der Waals surface area contributed by atoms with Crippen LogP contribution in [0.3, 0.4) is 0 Å². The lowest BCUT2D eigenvalue weighted by Gasteiger charge is -2.34. The Morgan fingerprint density at radius 1 is 0.800 bits per heavy atom. The molecule has 150 valence electrons. The molecule has 1 aliphatic rings. The van der Waals surface area contributed by atoms with Gasteiger partial charge in [-0.15, -0.1) is 0 Å². The molecule has 30 heavy (non-hydrogen) atoms. The van der Waals surface area contributed by atoms with E-state index in [9.17, 15) is 4.79 Å². The molecule has 0 radical (unpaired) electrons. The van der Waals surface area contributed by atoms with Crippen molar-refractivity contribution in [1.29, 1.82) is 0 Å². The molecule has 2 aromatic heterocycles. The third-order valence-corrected chi connectivity index (χ3v) is 5.73. The zero-order valence-corrected chi connectivity index (χ0v) is 16.8. The van der Waals surface area contributed by atoms with E-state index in [0.717, 1.165) is 55.2 Å². The van der Waals surface area contributed by atoms with E-state index < -0.39 is 0 Å². The van der Waals surface area contributed by atoms with Crippen LogP contribution in [0.15, 0.2) is 85.1 Å². The summed E-state index contributed by atoms with van der Waals surface area (Å²) in [7, 11) is 0. The lowest BCUT2D eigenvalue weighted by atomic mass is 10.1. The summed E-state index contributed by atoms with van der Waals surface area (Å²) in [6.45, 7) is 4.00. The first-order chi connectivity index (χ1) is 14.8. The maximum atomic E-state index is 12.7. The molecule has 0 atom stereocenters. The van der Waals surface area contributed by atoms with Crippen LogP contribution in [-0.4, -0.2) is 51.3 Å². The predicted octanol–water partition coefficient (Wildman–Crippen LogP) is 3.96. The van der Waals surface area contributed by atoms with Crippen LogP contribution in [0.2, 0.25) is 0 Å². The molecular weight excluding hydrogens is 372 g/mol. The van der Waals surface area contributed by atoms with Crippen LogP contribution in [0, 0.1) is 0 Å². The Morgan fingerprint density at radius 3 is 2.20 bits per heavy atom. The maximum absolute atomic E-state index is 12.7. The van der Waals surface area contributed by atoms with Crippen molar-refractivity contribution in [3.8, 4) is 11.3 Å². The minimum absolute atomic E-state index is 0.120. The van der Waals surface area contributed by atoms with Gasteiger partial charge in [0.1, 0.15) is 5.65 Å². The van der Waals surface area contributed by atoms with Gasteiger partial charge in [0.05, 0.1) is 11.4 Å². The fourth-order valence-electron chi connectivity index (χ4n) is 4.11. The average Bonchev–Trinajstić information content (AvgIpc) is 3.19. The van der Waals surface area contributed by atoms with Crippen molar-refractivity contribution in [2.75, 3.05) is 26.2 Å². The van der Waals surface area contributed by atoms with E-state index in [1.54, 1.807) is 0 Å². The number of carbonyl (C=O) groups is 1. The van der Waals surface area contributed by atoms with Crippen molar-refractivity contribution in [3.05, 3.63) is 96.3 Å². The van der Waals surface area contributed by atoms with Crippen molar-refractivity contribution in [2.45, 2.75) is 6.54 Å². The van der Waals surface area contributed by atoms with Crippen molar-refractivity contribution < 1.29 is 4.79 Å². The number of hydrogen-bond donors (Lipinski definition) is 0. The van der Waals surface area contributed by atoms with Gasteiger partial charge in [0, 0.05) is 50.0 Å². The topological polar surface area (TPSA) is 40.9 Å². The molecule has 0 bridgehead atoms. The Morgan fingerprint density at radius 2 is 1.47 bits per heavy atom. The van der Waals surface area contributed by atoms with E-state index in [-0.39, 0.29) is 5.91 Å². The Hall–Kier alpha value is -3.44. The Balaban J connectivity index is 1.35. The summed E-state index contributed by atoms with van der Waals surface area (Å²) in [5.74, 6) is 0.120. The van der Waals surface area contributed by atoms with E-state index in [4.69, 9.17) is 4.98 Å². The molecule has 0 spiro atoms. The summed E-state index contributed by atoms with van der Waals surface area (Å²) >= 11 is 0. The molecule has 0 saturated carbocycles. The fraction of sp³-hybridized carbons (Fsp3) is 0.200. The largest absolute Gasteiger partial charge is 0.336 e. The first kappa shape index (κ1) is 18.6. The SMILES string of the molecule is O=C(c1ccccc1)N1CCN(Cc2c(-c3ccccc3)nc3ccccn23)CC1. The van der Waals surface area contributed by atoms with Gasteiger partial charge >= 0.3 is 0 Å². The van der Waals surface area contributed by atoms with Crippen LogP contribution in [0.1, 0.15) is 16.1 Å². The van der Waals surface area contributed by atoms with E-state index in [0.29, 0.717) is 0 Å². The smallest absolute Gasteiger partial charge is 0.253 e. The van der Waals surface area contributed by atoms with Gasteiger partial charge in [0.15, 0.2) is 0 Å². The van der Waals surface area contributed by atoms with Crippen LogP contribution >= 0.6 is 0 Å². The summed E-state index contributed by atoms with van der Waals surface area (Å²) in [5.41, 5.74) is 5.08. The third-order valence-electron chi connectivity index (χ3n) is 5.73. The van der Waals surface area contributed by atoms with Gasteiger partial charge in [-0.25, -0.2) is 4.98 Å². The zero-order valence-electron chi connectivity index (χ0n) is 16.8. The third kappa shape index (κ3) is 3.60. The number of nitrogens with zero attached hydrogens (tertiary/aromatic N) is 4. The van der Waals surface area contributed by atoms with E-state index in [1.807, 2.05) is 59.5 Å². The van der Waals surface area contributed by atoms with E-state index in [2.05, 4.69) is 39.8 Å². The molecule has 5 heteroatoms. The summed E-state index contributed by atoms with van der Waals surface area (Å²) in [4.78, 5) is 22.0. The van der Waals surface area contributed by atoms with Gasteiger partial charge < -0.3 is 9.30 Å². The molecule has 0 N–H and O–H groups in total. The molecule has 1 aliphatic heterocycles. The standard InChI is InChI=1S/C25H24N4O/c30-25(21-11-5-2-6-12-21)28-17-15-27(16-18-28)19-22-24(20-9-3-1-4-10-20)26-23-13-7-8-14-29(22)23/h1-14H,15-19H2. The lowest BCUT2D eigenvalue weighted by Crippen LogP contribution is -2.48. The van der Waals surface area contributed by atoms with Gasteiger partial charge in [0.25, 0.3) is 5.91 Å². The Bertz CT molecular complexity index is 1150. The van der Waals surface area contributed by atoms with E-state index in [1.165, 1.54) is 5.69 Å². The van der Waals surface area contributed by atoms with Crippen LogP contribution < -0.4 is 0 Å². The molecule has 2 aromatic carbocycles. The van der Waals surface area contributed by atoms with Crippen molar-refractivity contribution in [1.82, 2.24) is 19.2 Å². The fourth-order valence-corrected chi connectivity index (χ4v) is 4.11. The number of imidazole rings is 1. The number of carbonyl (C=O) groups excluding carboxylic acids is 1. The lowest BCUT2D eigenvalue weighted by molar-refractivity contribution is 0.0627. The average molecular weight is 396 g/mol. The molecule has 1 saturated heterocycles. The quantitative estimate of drug-likeness (QED) is 0.524. The van der Waals surface area contributed by atoms with Crippen molar-refractivity contribution in [2.24, 2.45) is 0 Å². The molecular formula is C25H24N4O. The molecule has 3 heterocycles. The number of benzene rings is 2. The highest BCUT2D eigenvalue weighted by molar-refractivity contribution is 5.94. The molecule has 0 aliphatic carbocycles. The molecule has 5 rings (SSSR count). The number of amides is 1. The zero-order chi connectivity index (χ0) is 20.3. The molecule has 0 unspecified atom stereocenters. The summed E-state index contributed by atoms with van der Waals surface area (Å²) < 4.78 is 2.18. The van der Waals surface area contributed by atoms with Crippen LogP contribution in [0.25, 0.3) is 16.9 Å². The van der Waals surface area contributed by atoms with Gasteiger partial charge in [-0.05, 0) is 24.3 Å². The monoisotopic (exact) mass is 396 g/mol. The van der Waals surface area contributed by atoms with Crippen molar-refractivity contribution in [3.63, 3.8) is 0 Å². The van der Waals surface area contributed by atoms with Gasteiger partial charge in [-0.1, -0.05) is 54.6 Å².